The molecule has 0 unspecified atom stereocenters. The zero-order chi connectivity index (χ0) is 16.9. The smallest absolute Gasteiger partial charge is 0.222 e. The fourth-order valence-corrected chi connectivity index (χ4v) is 3.14. The van der Waals surface area contributed by atoms with Gasteiger partial charge in [-0.3, -0.25) is 9.88 Å². The second-order valence-corrected chi connectivity index (χ2v) is 6.14. The Morgan fingerprint density at radius 3 is 2.68 bits per heavy atom. The summed E-state index contributed by atoms with van der Waals surface area (Å²) in [5.74, 6) is 0.628. The highest BCUT2D eigenvalue weighted by Gasteiger charge is 2.19. The maximum Gasteiger partial charge on any atom is 0.222 e. The van der Waals surface area contributed by atoms with Gasteiger partial charge in [0.1, 0.15) is 0 Å². The molecule has 0 saturated heterocycles. The number of aryl methyl sites for hydroxylation is 1. The molecule has 0 amide bonds. The third kappa shape index (κ3) is 3.83. The van der Waals surface area contributed by atoms with Gasteiger partial charge in [-0.1, -0.05) is 6.07 Å². The maximum atomic E-state index is 4.60. The van der Waals surface area contributed by atoms with Crippen molar-refractivity contribution in [1.82, 2.24) is 29.4 Å². The fourth-order valence-electron chi connectivity index (χ4n) is 3.14. The highest BCUT2D eigenvalue weighted by atomic mass is 15.2. The summed E-state index contributed by atoms with van der Waals surface area (Å²) in [4.78, 5) is 19.9. The van der Waals surface area contributed by atoms with Gasteiger partial charge in [-0.2, -0.15) is 0 Å². The fraction of sp³-hybridized carbons (Fsp3) is 0.333. The van der Waals surface area contributed by atoms with E-state index >= 15 is 0 Å². The Labute approximate surface area is 146 Å². The van der Waals surface area contributed by atoms with Gasteiger partial charge in [0.15, 0.2) is 0 Å². The lowest BCUT2D eigenvalue weighted by atomic mass is 10.2. The number of anilines is 1. The molecule has 0 bridgehead atoms. The van der Waals surface area contributed by atoms with Crippen molar-refractivity contribution in [1.29, 1.82) is 0 Å². The number of hydrogen-bond donors (Lipinski definition) is 1. The van der Waals surface area contributed by atoms with Gasteiger partial charge >= 0.3 is 0 Å². The largest absolute Gasteiger partial charge is 0.348 e. The third-order valence-electron chi connectivity index (χ3n) is 4.37. The summed E-state index contributed by atoms with van der Waals surface area (Å²) in [5, 5.41) is 3.25. The SMILES string of the molecule is c1ccc(CN2CCCn3cnc(CNc4ncccn4)c3C2)nc1. The van der Waals surface area contributed by atoms with Crippen LogP contribution in [0.1, 0.15) is 23.5 Å². The van der Waals surface area contributed by atoms with Crippen molar-refractivity contribution in [2.24, 2.45) is 0 Å². The monoisotopic (exact) mass is 335 g/mol. The molecule has 0 aliphatic carbocycles. The molecule has 4 rings (SSSR count). The molecule has 0 radical (unpaired) electrons. The molecule has 3 aromatic heterocycles. The molecule has 0 atom stereocenters. The summed E-state index contributed by atoms with van der Waals surface area (Å²) in [7, 11) is 0. The maximum absolute atomic E-state index is 4.60. The first-order valence-electron chi connectivity index (χ1n) is 8.54. The molecule has 3 aromatic rings. The van der Waals surface area contributed by atoms with Gasteiger partial charge in [-0.15, -0.1) is 0 Å². The number of fused-ring (bicyclic) bond motifs is 1. The summed E-state index contributed by atoms with van der Waals surface area (Å²) in [6.45, 7) is 4.43. The van der Waals surface area contributed by atoms with Crippen molar-refractivity contribution in [3.63, 3.8) is 0 Å². The van der Waals surface area contributed by atoms with Crippen LogP contribution in [0.25, 0.3) is 0 Å². The molecule has 1 aliphatic heterocycles. The van der Waals surface area contributed by atoms with E-state index in [0.29, 0.717) is 12.5 Å². The summed E-state index contributed by atoms with van der Waals surface area (Å²) in [6, 6.07) is 7.89. The molecule has 7 heteroatoms. The van der Waals surface area contributed by atoms with E-state index in [2.05, 4.69) is 40.8 Å². The lowest BCUT2D eigenvalue weighted by Gasteiger charge is -2.19. The van der Waals surface area contributed by atoms with Crippen molar-refractivity contribution in [3.8, 4) is 0 Å². The van der Waals surface area contributed by atoms with Crippen molar-refractivity contribution >= 4 is 5.95 Å². The number of pyridine rings is 1. The van der Waals surface area contributed by atoms with Crippen LogP contribution in [0.4, 0.5) is 5.95 Å². The van der Waals surface area contributed by atoms with E-state index in [1.165, 1.54) is 5.69 Å². The quantitative estimate of drug-likeness (QED) is 0.770. The normalized spacial score (nSPS) is 14.7. The van der Waals surface area contributed by atoms with Gasteiger partial charge in [-0.05, 0) is 24.6 Å². The molecule has 1 N–H and O–H groups in total. The highest BCUT2D eigenvalue weighted by molar-refractivity contribution is 5.26. The summed E-state index contributed by atoms with van der Waals surface area (Å²) in [6.07, 6.45) is 8.38. The first kappa shape index (κ1) is 15.7. The van der Waals surface area contributed by atoms with Crippen molar-refractivity contribution < 1.29 is 0 Å². The minimum absolute atomic E-state index is 0.628. The lowest BCUT2D eigenvalue weighted by molar-refractivity contribution is 0.257. The first-order valence-corrected chi connectivity index (χ1v) is 8.54. The second-order valence-electron chi connectivity index (χ2n) is 6.14. The number of nitrogens with one attached hydrogen (secondary N) is 1. The second kappa shape index (κ2) is 7.40. The predicted molar refractivity (Wildman–Crippen MR) is 94.6 cm³/mol. The Morgan fingerprint density at radius 2 is 1.84 bits per heavy atom. The minimum Gasteiger partial charge on any atom is -0.348 e. The predicted octanol–water partition coefficient (Wildman–Crippen LogP) is 2.09. The van der Waals surface area contributed by atoms with Crippen molar-refractivity contribution in [2.75, 3.05) is 11.9 Å². The topological polar surface area (TPSA) is 71.8 Å². The van der Waals surface area contributed by atoms with Crippen LogP contribution in [0.15, 0.2) is 49.2 Å². The van der Waals surface area contributed by atoms with Crippen LogP contribution in [-0.4, -0.2) is 35.9 Å². The highest BCUT2D eigenvalue weighted by Crippen LogP contribution is 2.18. The van der Waals surface area contributed by atoms with Crippen molar-refractivity contribution in [3.05, 3.63) is 66.3 Å². The zero-order valence-electron chi connectivity index (χ0n) is 14.0. The van der Waals surface area contributed by atoms with E-state index < -0.39 is 0 Å². The van der Waals surface area contributed by atoms with Crippen LogP contribution in [-0.2, 0) is 26.2 Å². The van der Waals surface area contributed by atoms with E-state index in [0.717, 1.165) is 44.0 Å². The molecular formula is C18H21N7. The Kier molecular flexibility index (Phi) is 4.65. The number of aromatic nitrogens is 5. The van der Waals surface area contributed by atoms with Gasteiger partial charge in [0.2, 0.25) is 5.95 Å². The number of imidazole rings is 1. The lowest BCUT2D eigenvalue weighted by Crippen LogP contribution is -2.24. The van der Waals surface area contributed by atoms with Gasteiger partial charge < -0.3 is 9.88 Å². The number of rotatable bonds is 5. The molecule has 25 heavy (non-hydrogen) atoms. The molecule has 1 aliphatic rings. The minimum atomic E-state index is 0.628. The van der Waals surface area contributed by atoms with E-state index in [1.807, 2.05) is 30.7 Å². The van der Waals surface area contributed by atoms with Crippen LogP contribution in [0.2, 0.25) is 0 Å². The third-order valence-corrected chi connectivity index (χ3v) is 4.37. The standard InChI is InChI=1S/C18H21N7/c1-2-6-19-15(5-1)12-24-9-4-10-25-14-23-16(17(25)13-24)11-22-18-20-7-3-8-21-18/h1-3,5-8,14H,4,9-13H2,(H,20,21,22). The average molecular weight is 335 g/mol. The van der Waals surface area contributed by atoms with Crippen LogP contribution in [0.5, 0.6) is 0 Å². The zero-order valence-corrected chi connectivity index (χ0v) is 14.0. The van der Waals surface area contributed by atoms with Crippen molar-refractivity contribution in [2.45, 2.75) is 32.6 Å². The van der Waals surface area contributed by atoms with E-state index in [-0.39, 0.29) is 0 Å². The van der Waals surface area contributed by atoms with Crippen LogP contribution in [0, 0.1) is 0 Å². The molecule has 0 fully saturated rings. The molecule has 0 spiro atoms. The Bertz CT molecular complexity index is 801. The van der Waals surface area contributed by atoms with Gasteiger partial charge in [0.05, 0.1) is 30.0 Å². The van der Waals surface area contributed by atoms with E-state index in [1.54, 1.807) is 12.4 Å². The molecule has 0 aromatic carbocycles. The molecule has 4 heterocycles. The Morgan fingerprint density at radius 1 is 0.960 bits per heavy atom. The Hall–Kier alpha value is -2.80. The molecule has 0 saturated carbocycles. The summed E-state index contributed by atoms with van der Waals surface area (Å²) in [5.41, 5.74) is 3.42. The van der Waals surface area contributed by atoms with Crippen LogP contribution in [0.3, 0.4) is 0 Å². The van der Waals surface area contributed by atoms with Gasteiger partial charge in [-0.25, -0.2) is 15.0 Å². The molecular weight excluding hydrogens is 314 g/mol. The van der Waals surface area contributed by atoms with Crippen LogP contribution < -0.4 is 5.32 Å². The first-order chi connectivity index (χ1) is 12.4. The molecule has 128 valence electrons. The van der Waals surface area contributed by atoms with Crippen LogP contribution >= 0.6 is 0 Å². The number of nitrogens with zero attached hydrogens (tertiary/aromatic N) is 6. The van der Waals surface area contributed by atoms with E-state index in [4.69, 9.17) is 0 Å². The summed E-state index contributed by atoms with van der Waals surface area (Å²) < 4.78 is 2.27. The van der Waals surface area contributed by atoms with Gasteiger partial charge in [0, 0.05) is 44.8 Å². The Balaban J connectivity index is 1.47. The number of hydrogen-bond acceptors (Lipinski definition) is 6. The van der Waals surface area contributed by atoms with E-state index in [9.17, 15) is 0 Å². The average Bonchev–Trinajstić information content (AvgIpc) is 2.92. The summed E-state index contributed by atoms with van der Waals surface area (Å²) >= 11 is 0. The molecule has 7 nitrogen and oxygen atoms in total. The van der Waals surface area contributed by atoms with Gasteiger partial charge in [0.25, 0.3) is 0 Å².